The molecule has 8 heteroatoms. The molecule has 0 aliphatic rings. The van der Waals surface area contributed by atoms with Crippen molar-refractivity contribution in [2.75, 3.05) is 13.2 Å². The van der Waals surface area contributed by atoms with E-state index >= 15 is 0 Å². The zero-order valence-corrected chi connectivity index (χ0v) is 16.5. The molecule has 0 spiro atoms. The Morgan fingerprint density at radius 3 is 2.32 bits per heavy atom. The van der Waals surface area contributed by atoms with Gasteiger partial charge in [-0.15, -0.1) is 12.4 Å². The van der Waals surface area contributed by atoms with Gasteiger partial charge in [0.05, 0.1) is 0 Å². The molecule has 2 aromatic carbocycles. The van der Waals surface area contributed by atoms with Crippen molar-refractivity contribution in [2.24, 2.45) is 0 Å². The summed E-state index contributed by atoms with van der Waals surface area (Å²) >= 11 is 8.83. The monoisotopic (exact) mass is 455 g/mol. The first-order chi connectivity index (χ1) is 11.4. The molecule has 0 aliphatic carbocycles. The number of aliphatic hydroxyl groups is 1. The summed E-state index contributed by atoms with van der Waals surface area (Å²) in [6, 6.07) is 9.53. The molecule has 0 aliphatic heterocycles. The van der Waals surface area contributed by atoms with Gasteiger partial charge in [-0.1, -0.05) is 39.7 Å². The average Bonchev–Trinajstić information content (AvgIpc) is 2.52. The number of hydrogen-bond acceptors (Lipinski definition) is 3. The molecule has 25 heavy (non-hydrogen) atoms. The SMILES string of the molecule is CC(NCC(O)COc1c(F)cc(Br)cc1F)c1ccc(Cl)cc1.Cl. The van der Waals surface area contributed by atoms with Gasteiger partial charge in [0.1, 0.15) is 12.7 Å². The highest BCUT2D eigenvalue weighted by Gasteiger charge is 2.15. The fraction of sp³-hybridized carbons (Fsp3) is 0.294. The van der Waals surface area contributed by atoms with Crippen LogP contribution < -0.4 is 10.1 Å². The smallest absolute Gasteiger partial charge is 0.190 e. The predicted octanol–water partition coefficient (Wildman–Crippen LogP) is 4.89. The molecular weight excluding hydrogens is 439 g/mol. The van der Waals surface area contributed by atoms with Gasteiger partial charge in [-0.2, -0.15) is 0 Å². The molecule has 0 bridgehead atoms. The molecule has 2 unspecified atom stereocenters. The van der Waals surface area contributed by atoms with Crippen LogP contribution in [0.1, 0.15) is 18.5 Å². The summed E-state index contributed by atoms with van der Waals surface area (Å²) in [7, 11) is 0. The summed E-state index contributed by atoms with van der Waals surface area (Å²) in [6.07, 6.45) is -0.915. The second kappa shape index (κ2) is 10.3. The first-order valence-electron chi connectivity index (χ1n) is 7.31. The van der Waals surface area contributed by atoms with Crippen molar-refractivity contribution in [3.05, 3.63) is 63.1 Å². The van der Waals surface area contributed by atoms with Crippen molar-refractivity contribution < 1.29 is 18.6 Å². The van der Waals surface area contributed by atoms with E-state index in [1.807, 2.05) is 19.1 Å². The molecule has 0 radical (unpaired) electrons. The van der Waals surface area contributed by atoms with Crippen molar-refractivity contribution in [2.45, 2.75) is 19.1 Å². The Hall–Kier alpha value is -0.920. The molecular formula is C17H18BrCl2F2NO2. The van der Waals surface area contributed by atoms with E-state index < -0.39 is 23.5 Å². The lowest BCUT2D eigenvalue weighted by atomic mass is 10.1. The third-order valence-corrected chi connectivity index (χ3v) is 4.12. The van der Waals surface area contributed by atoms with E-state index in [0.717, 1.165) is 17.7 Å². The second-order valence-corrected chi connectivity index (χ2v) is 6.70. The van der Waals surface area contributed by atoms with E-state index in [-0.39, 0.29) is 36.1 Å². The topological polar surface area (TPSA) is 41.5 Å². The number of benzene rings is 2. The lowest BCUT2D eigenvalue weighted by Crippen LogP contribution is -2.33. The van der Waals surface area contributed by atoms with Gasteiger partial charge in [-0.25, -0.2) is 8.78 Å². The van der Waals surface area contributed by atoms with Crippen molar-refractivity contribution in [3.8, 4) is 5.75 Å². The lowest BCUT2D eigenvalue weighted by molar-refractivity contribution is 0.0993. The highest BCUT2D eigenvalue weighted by atomic mass is 79.9. The minimum absolute atomic E-state index is 0. The van der Waals surface area contributed by atoms with E-state index in [4.69, 9.17) is 16.3 Å². The van der Waals surface area contributed by atoms with E-state index in [9.17, 15) is 13.9 Å². The molecule has 138 valence electrons. The molecule has 0 amide bonds. The Bertz CT molecular complexity index is 666. The Morgan fingerprint density at radius 2 is 1.76 bits per heavy atom. The van der Waals surface area contributed by atoms with Crippen LogP contribution in [0.3, 0.4) is 0 Å². The molecule has 2 aromatic rings. The van der Waals surface area contributed by atoms with Gasteiger partial charge in [0.15, 0.2) is 17.4 Å². The lowest BCUT2D eigenvalue weighted by Gasteiger charge is -2.18. The molecule has 0 saturated heterocycles. The average molecular weight is 457 g/mol. The van der Waals surface area contributed by atoms with Crippen LogP contribution in [0.4, 0.5) is 8.78 Å². The summed E-state index contributed by atoms with van der Waals surface area (Å²) in [4.78, 5) is 0. The summed E-state index contributed by atoms with van der Waals surface area (Å²) in [5, 5.41) is 13.7. The fourth-order valence-corrected chi connectivity index (χ4v) is 2.62. The van der Waals surface area contributed by atoms with Crippen molar-refractivity contribution >= 4 is 39.9 Å². The van der Waals surface area contributed by atoms with Gasteiger partial charge in [-0.05, 0) is 36.8 Å². The minimum Gasteiger partial charge on any atom is -0.485 e. The molecule has 2 atom stereocenters. The summed E-state index contributed by atoms with van der Waals surface area (Å²) in [5.74, 6) is -2.14. The van der Waals surface area contributed by atoms with Crippen molar-refractivity contribution in [1.29, 1.82) is 0 Å². The van der Waals surface area contributed by atoms with Gasteiger partial charge in [0, 0.05) is 22.1 Å². The molecule has 3 nitrogen and oxygen atoms in total. The highest BCUT2D eigenvalue weighted by Crippen LogP contribution is 2.26. The zero-order chi connectivity index (χ0) is 17.7. The number of hydrogen-bond donors (Lipinski definition) is 2. The first-order valence-corrected chi connectivity index (χ1v) is 8.48. The highest BCUT2D eigenvalue weighted by molar-refractivity contribution is 9.10. The fourth-order valence-electron chi connectivity index (χ4n) is 2.09. The number of halogens is 5. The number of nitrogens with one attached hydrogen (secondary N) is 1. The molecule has 0 aromatic heterocycles. The third kappa shape index (κ3) is 6.72. The maximum atomic E-state index is 13.6. The Kier molecular flexibility index (Phi) is 9.10. The number of aliphatic hydroxyl groups excluding tert-OH is 1. The first kappa shape index (κ1) is 22.1. The van der Waals surface area contributed by atoms with Crippen LogP contribution in [0.2, 0.25) is 5.02 Å². The standard InChI is InChI=1S/C17H17BrClF2NO2.ClH/c1-10(11-2-4-13(19)5-3-11)22-8-14(23)9-24-17-15(20)6-12(18)7-16(17)21;/h2-7,10,14,22-23H,8-9H2,1H3;1H. The predicted molar refractivity (Wildman–Crippen MR) is 101 cm³/mol. The van der Waals surface area contributed by atoms with Gasteiger partial charge >= 0.3 is 0 Å². The van der Waals surface area contributed by atoms with Crippen LogP contribution in [-0.4, -0.2) is 24.4 Å². The quantitative estimate of drug-likeness (QED) is 0.623. The minimum atomic E-state index is -0.915. The van der Waals surface area contributed by atoms with E-state index in [1.54, 1.807) is 12.1 Å². The summed E-state index contributed by atoms with van der Waals surface area (Å²) < 4.78 is 32.6. The summed E-state index contributed by atoms with van der Waals surface area (Å²) in [6.45, 7) is 1.92. The van der Waals surface area contributed by atoms with Crippen molar-refractivity contribution in [1.82, 2.24) is 5.32 Å². The number of rotatable bonds is 7. The van der Waals surface area contributed by atoms with Crippen LogP contribution in [0.5, 0.6) is 5.75 Å². The molecule has 0 fully saturated rings. The van der Waals surface area contributed by atoms with Crippen LogP contribution >= 0.6 is 39.9 Å². The maximum absolute atomic E-state index is 13.6. The zero-order valence-electron chi connectivity index (χ0n) is 13.3. The van der Waals surface area contributed by atoms with Crippen LogP contribution in [0, 0.1) is 11.6 Å². The second-order valence-electron chi connectivity index (χ2n) is 5.34. The van der Waals surface area contributed by atoms with E-state index in [0.29, 0.717) is 5.02 Å². The normalized spacial score (nSPS) is 13.0. The van der Waals surface area contributed by atoms with Gasteiger partial charge in [0.2, 0.25) is 0 Å². The number of ether oxygens (including phenoxy) is 1. The molecule has 0 heterocycles. The van der Waals surface area contributed by atoms with Gasteiger partial charge in [0.25, 0.3) is 0 Å². The molecule has 0 saturated carbocycles. The van der Waals surface area contributed by atoms with E-state index in [2.05, 4.69) is 21.2 Å². The van der Waals surface area contributed by atoms with Crippen LogP contribution in [0.15, 0.2) is 40.9 Å². The van der Waals surface area contributed by atoms with Gasteiger partial charge < -0.3 is 15.2 Å². The maximum Gasteiger partial charge on any atom is 0.190 e. The Morgan fingerprint density at radius 1 is 1.20 bits per heavy atom. The van der Waals surface area contributed by atoms with Crippen LogP contribution in [-0.2, 0) is 0 Å². The summed E-state index contributed by atoms with van der Waals surface area (Å²) in [5.41, 5.74) is 1.01. The molecule has 2 rings (SSSR count). The van der Waals surface area contributed by atoms with E-state index in [1.165, 1.54) is 0 Å². The van der Waals surface area contributed by atoms with Gasteiger partial charge in [-0.3, -0.25) is 0 Å². The molecule has 2 N–H and O–H groups in total. The largest absolute Gasteiger partial charge is 0.485 e. The Balaban J connectivity index is 0.00000312. The van der Waals surface area contributed by atoms with Crippen molar-refractivity contribution in [3.63, 3.8) is 0 Å². The third-order valence-electron chi connectivity index (χ3n) is 3.41. The van der Waals surface area contributed by atoms with Crippen LogP contribution in [0.25, 0.3) is 0 Å². The Labute approximate surface area is 164 Å².